The van der Waals surface area contributed by atoms with Crippen molar-refractivity contribution in [2.75, 3.05) is 5.32 Å². The number of aliphatic hydroxyl groups is 1. The zero-order valence-corrected chi connectivity index (χ0v) is 13.3. The molecule has 0 radical (unpaired) electrons. The summed E-state index contributed by atoms with van der Waals surface area (Å²) in [6, 6.07) is 8.09. The number of halogens is 1. The first kappa shape index (κ1) is 15.3. The Morgan fingerprint density at radius 1 is 1.32 bits per heavy atom. The van der Waals surface area contributed by atoms with Crippen LogP contribution < -0.4 is 10.9 Å². The summed E-state index contributed by atoms with van der Waals surface area (Å²) in [5.41, 5.74) is 0.928. The van der Waals surface area contributed by atoms with E-state index >= 15 is 0 Å². The lowest BCUT2D eigenvalue weighted by atomic mass is 10.2. The van der Waals surface area contributed by atoms with Crippen molar-refractivity contribution in [1.29, 1.82) is 0 Å². The average molecular weight is 339 g/mol. The molecule has 2 N–H and O–H groups in total. The Hall–Kier alpha value is -3.26. The first-order chi connectivity index (χ1) is 12.1. The first-order valence-corrected chi connectivity index (χ1v) is 7.58. The Morgan fingerprint density at radius 3 is 2.96 bits per heavy atom. The quantitative estimate of drug-likeness (QED) is 0.596. The minimum atomic E-state index is -0.616. The first-order valence-electron chi connectivity index (χ1n) is 7.58. The molecular weight excluding hydrogens is 325 g/mol. The van der Waals surface area contributed by atoms with E-state index in [1.807, 2.05) is 25.4 Å². The normalized spacial score (nSPS) is 11.3. The summed E-state index contributed by atoms with van der Waals surface area (Å²) >= 11 is 0. The average Bonchev–Trinajstić information content (AvgIpc) is 2.95. The van der Waals surface area contributed by atoms with Crippen molar-refractivity contribution in [1.82, 2.24) is 19.2 Å². The van der Waals surface area contributed by atoms with E-state index in [1.165, 1.54) is 18.3 Å². The number of rotatable bonds is 3. The zero-order valence-electron chi connectivity index (χ0n) is 13.3. The van der Waals surface area contributed by atoms with Gasteiger partial charge in [0.05, 0.1) is 17.7 Å². The van der Waals surface area contributed by atoms with E-state index in [0.29, 0.717) is 5.69 Å². The number of hydrogen-bond acceptors (Lipinski definition) is 5. The van der Waals surface area contributed by atoms with Gasteiger partial charge in [0.1, 0.15) is 5.82 Å². The van der Waals surface area contributed by atoms with Crippen LogP contribution in [0.1, 0.15) is 5.56 Å². The lowest BCUT2D eigenvalue weighted by Gasteiger charge is -2.11. The Labute approximate surface area is 141 Å². The van der Waals surface area contributed by atoms with Gasteiger partial charge in [-0.2, -0.15) is 5.10 Å². The van der Waals surface area contributed by atoms with Crippen LogP contribution >= 0.6 is 0 Å². The highest BCUT2D eigenvalue weighted by molar-refractivity contribution is 5.83. The van der Waals surface area contributed by atoms with E-state index in [0.717, 1.165) is 15.3 Å². The van der Waals surface area contributed by atoms with Crippen LogP contribution in [0.25, 0.3) is 16.6 Å². The molecule has 0 amide bonds. The summed E-state index contributed by atoms with van der Waals surface area (Å²) in [7, 11) is 1.82. The van der Waals surface area contributed by atoms with Crippen molar-refractivity contribution in [2.45, 2.75) is 6.61 Å². The Balaban J connectivity index is 1.86. The maximum atomic E-state index is 14.0. The molecule has 4 aromatic rings. The van der Waals surface area contributed by atoms with E-state index in [2.05, 4.69) is 15.4 Å². The van der Waals surface area contributed by atoms with Gasteiger partial charge in [0.15, 0.2) is 11.5 Å². The molecule has 0 atom stereocenters. The predicted octanol–water partition coefficient (Wildman–Crippen LogP) is 1.96. The number of anilines is 2. The predicted molar refractivity (Wildman–Crippen MR) is 91.3 cm³/mol. The van der Waals surface area contributed by atoms with E-state index in [9.17, 15) is 14.3 Å². The second kappa shape index (κ2) is 5.67. The molecule has 0 spiro atoms. The molecule has 0 bridgehead atoms. The zero-order chi connectivity index (χ0) is 17.6. The highest BCUT2D eigenvalue weighted by Gasteiger charge is 2.14. The largest absolute Gasteiger partial charge is 0.391 e. The van der Waals surface area contributed by atoms with Gasteiger partial charge in [-0.3, -0.25) is 13.9 Å². The van der Waals surface area contributed by atoms with Crippen molar-refractivity contribution in [3.8, 4) is 0 Å². The third kappa shape index (κ3) is 2.52. The molecule has 126 valence electrons. The van der Waals surface area contributed by atoms with E-state index in [-0.39, 0.29) is 17.0 Å². The molecule has 7 nitrogen and oxygen atoms in total. The molecule has 1 aromatic carbocycles. The number of nitrogens with one attached hydrogen (secondary N) is 1. The second-order valence-corrected chi connectivity index (χ2v) is 5.65. The summed E-state index contributed by atoms with van der Waals surface area (Å²) in [6.07, 6.45) is 3.27. The lowest BCUT2D eigenvalue weighted by molar-refractivity contribution is 0.280. The summed E-state index contributed by atoms with van der Waals surface area (Å²) in [5, 5.41) is 17.8. The van der Waals surface area contributed by atoms with Gasteiger partial charge >= 0.3 is 0 Å². The molecule has 0 aliphatic heterocycles. The smallest absolute Gasteiger partial charge is 0.265 e. The molecule has 3 heterocycles. The van der Waals surface area contributed by atoms with Crippen molar-refractivity contribution < 1.29 is 9.50 Å². The maximum Gasteiger partial charge on any atom is 0.265 e. The number of aromatic nitrogens is 4. The van der Waals surface area contributed by atoms with Gasteiger partial charge in [-0.25, -0.2) is 9.37 Å². The molecule has 0 saturated heterocycles. The molecule has 3 aromatic heterocycles. The monoisotopic (exact) mass is 339 g/mol. The van der Waals surface area contributed by atoms with Gasteiger partial charge in [-0.05, 0) is 30.3 Å². The fraction of sp³-hybridized carbons (Fsp3) is 0.118. The van der Waals surface area contributed by atoms with Crippen LogP contribution in [0.15, 0.2) is 47.5 Å². The summed E-state index contributed by atoms with van der Waals surface area (Å²) < 4.78 is 16.8. The van der Waals surface area contributed by atoms with Crippen molar-refractivity contribution in [2.24, 2.45) is 7.05 Å². The van der Waals surface area contributed by atoms with Gasteiger partial charge in [0.2, 0.25) is 0 Å². The van der Waals surface area contributed by atoms with Crippen LogP contribution in [0.4, 0.5) is 15.9 Å². The summed E-state index contributed by atoms with van der Waals surface area (Å²) in [6.45, 7) is -0.511. The molecule has 0 aliphatic carbocycles. The third-order valence-electron chi connectivity index (χ3n) is 3.94. The topological polar surface area (TPSA) is 84.5 Å². The van der Waals surface area contributed by atoms with Gasteiger partial charge in [0.25, 0.3) is 5.56 Å². The number of hydrogen-bond donors (Lipinski definition) is 2. The number of aryl methyl sites for hydroxylation is 1. The number of pyridine rings is 1. The minimum Gasteiger partial charge on any atom is -0.391 e. The number of nitrogens with zero attached hydrogens (tertiary/aromatic N) is 4. The third-order valence-corrected chi connectivity index (χ3v) is 3.94. The van der Waals surface area contributed by atoms with Crippen LogP contribution in [0, 0.1) is 5.82 Å². The fourth-order valence-electron chi connectivity index (χ4n) is 2.77. The van der Waals surface area contributed by atoms with Gasteiger partial charge in [-0.1, -0.05) is 0 Å². The molecule has 0 aliphatic rings. The number of aliphatic hydroxyl groups excluding tert-OH is 1. The van der Waals surface area contributed by atoms with E-state index in [1.54, 1.807) is 10.7 Å². The fourth-order valence-corrected chi connectivity index (χ4v) is 2.77. The van der Waals surface area contributed by atoms with Crippen molar-refractivity contribution >= 4 is 28.1 Å². The maximum absolute atomic E-state index is 14.0. The molecular formula is C17H14FN5O2. The lowest BCUT2D eigenvalue weighted by Crippen LogP contribution is -2.22. The Bertz CT molecular complexity index is 1170. The van der Waals surface area contributed by atoms with Crippen LogP contribution in [-0.4, -0.2) is 24.3 Å². The molecule has 8 heteroatoms. The Kier molecular flexibility index (Phi) is 3.47. The molecule has 4 rings (SSSR count). The van der Waals surface area contributed by atoms with Crippen molar-refractivity contribution in [3.63, 3.8) is 0 Å². The molecule has 0 fully saturated rings. The van der Waals surface area contributed by atoms with Gasteiger partial charge in [-0.15, -0.1) is 0 Å². The summed E-state index contributed by atoms with van der Waals surface area (Å²) in [5.74, 6) is -0.490. The Morgan fingerprint density at radius 2 is 2.16 bits per heavy atom. The van der Waals surface area contributed by atoms with Crippen LogP contribution in [-0.2, 0) is 13.7 Å². The second-order valence-electron chi connectivity index (χ2n) is 5.65. The van der Waals surface area contributed by atoms with Gasteiger partial charge < -0.3 is 10.4 Å². The molecule has 25 heavy (non-hydrogen) atoms. The van der Waals surface area contributed by atoms with E-state index in [4.69, 9.17) is 0 Å². The van der Waals surface area contributed by atoms with Gasteiger partial charge in [0, 0.05) is 30.5 Å². The standard InChI is InChI=1S/C17H14FN5O2/c1-22-8-10-7-11(4-5-14(10)21-22)19-15-12(9-24)17(25)23-6-2-3-13(18)16(23)20-15/h2-8,19,24H,9H2,1H3. The van der Waals surface area contributed by atoms with Crippen LogP contribution in [0.2, 0.25) is 0 Å². The number of benzene rings is 1. The number of fused-ring (bicyclic) bond motifs is 2. The minimum absolute atomic E-state index is 0.0642. The highest BCUT2D eigenvalue weighted by atomic mass is 19.1. The van der Waals surface area contributed by atoms with Crippen LogP contribution in [0.5, 0.6) is 0 Å². The van der Waals surface area contributed by atoms with E-state index < -0.39 is 18.0 Å². The molecule has 0 unspecified atom stereocenters. The highest BCUT2D eigenvalue weighted by Crippen LogP contribution is 2.22. The van der Waals surface area contributed by atoms with Crippen molar-refractivity contribution in [3.05, 3.63) is 64.5 Å². The SMILES string of the molecule is Cn1cc2cc(Nc3nc4c(F)cccn4c(=O)c3CO)ccc2n1. The molecule has 0 saturated carbocycles. The van der Waals surface area contributed by atoms with Crippen LogP contribution in [0.3, 0.4) is 0 Å². The summed E-state index contributed by atoms with van der Waals surface area (Å²) in [4.78, 5) is 16.7.